The average Bonchev–Trinajstić information content (AvgIpc) is 3.06. The SMILES string of the molecule is CC(NC(=O)c1ccc(C#CCN)s1)C1CC1. The second-order valence-corrected chi connectivity index (χ2v) is 5.35. The Kier molecular flexibility index (Phi) is 3.82. The van der Waals surface area contributed by atoms with E-state index in [2.05, 4.69) is 24.1 Å². The number of hydrogen-bond donors (Lipinski definition) is 2. The summed E-state index contributed by atoms with van der Waals surface area (Å²) in [5, 5.41) is 3.03. The molecule has 2 rings (SSSR count). The molecule has 1 heterocycles. The van der Waals surface area contributed by atoms with Crippen LogP contribution in [-0.4, -0.2) is 18.5 Å². The Balaban J connectivity index is 1.96. The van der Waals surface area contributed by atoms with Gasteiger partial charge in [-0.25, -0.2) is 0 Å². The lowest BCUT2D eigenvalue weighted by atomic mass is 10.2. The highest BCUT2D eigenvalue weighted by molar-refractivity contribution is 7.14. The zero-order valence-corrected chi connectivity index (χ0v) is 10.6. The Hall–Kier alpha value is -1.31. The third kappa shape index (κ3) is 3.32. The van der Waals surface area contributed by atoms with Crippen LogP contribution in [0.5, 0.6) is 0 Å². The van der Waals surface area contributed by atoms with Gasteiger partial charge in [-0.15, -0.1) is 11.3 Å². The van der Waals surface area contributed by atoms with Crippen LogP contribution in [0.4, 0.5) is 0 Å². The van der Waals surface area contributed by atoms with Crippen LogP contribution in [0, 0.1) is 17.8 Å². The highest BCUT2D eigenvalue weighted by Crippen LogP contribution is 2.32. The van der Waals surface area contributed by atoms with Gasteiger partial charge in [0.25, 0.3) is 5.91 Å². The van der Waals surface area contributed by atoms with Gasteiger partial charge in [0.15, 0.2) is 0 Å². The molecule has 1 fully saturated rings. The van der Waals surface area contributed by atoms with E-state index in [4.69, 9.17) is 5.73 Å². The first-order chi connectivity index (χ1) is 8.20. The average molecular weight is 248 g/mol. The van der Waals surface area contributed by atoms with E-state index in [0.29, 0.717) is 12.5 Å². The van der Waals surface area contributed by atoms with Crippen molar-refractivity contribution in [3.05, 3.63) is 21.9 Å². The van der Waals surface area contributed by atoms with E-state index in [-0.39, 0.29) is 11.9 Å². The minimum atomic E-state index is 0.00944. The number of thiophene rings is 1. The number of amides is 1. The van der Waals surface area contributed by atoms with Crippen LogP contribution in [0.1, 0.15) is 34.3 Å². The van der Waals surface area contributed by atoms with E-state index >= 15 is 0 Å². The van der Waals surface area contributed by atoms with Gasteiger partial charge >= 0.3 is 0 Å². The molecular weight excluding hydrogens is 232 g/mol. The van der Waals surface area contributed by atoms with Crippen molar-refractivity contribution < 1.29 is 4.79 Å². The number of carbonyl (C=O) groups is 1. The van der Waals surface area contributed by atoms with Gasteiger partial charge in [0.1, 0.15) is 0 Å². The van der Waals surface area contributed by atoms with Crippen LogP contribution < -0.4 is 11.1 Å². The molecule has 1 aliphatic rings. The molecule has 0 bridgehead atoms. The van der Waals surface area contributed by atoms with E-state index in [1.807, 2.05) is 12.1 Å². The first kappa shape index (κ1) is 12.2. The molecule has 0 saturated heterocycles. The lowest BCUT2D eigenvalue weighted by Gasteiger charge is -2.11. The lowest BCUT2D eigenvalue weighted by Crippen LogP contribution is -2.33. The van der Waals surface area contributed by atoms with Gasteiger partial charge in [-0.3, -0.25) is 4.79 Å². The number of nitrogens with one attached hydrogen (secondary N) is 1. The molecule has 1 aliphatic carbocycles. The summed E-state index contributed by atoms with van der Waals surface area (Å²) in [6, 6.07) is 3.97. The maximum absolute atomic E-state index is 11.9. The summed E-state index contributed by atoms with van der Waals surface area (Å²) < 4.78 is 0. The Morgan fingerprint density at radius 3 is 3.06 bits per heavy atom. The molecule has 0 aliphatic heterocycles. The maximum atomic E-state index is 11.9. The Morgan fingerprint density at radius 2 is 2.41 bits per heavy atom. The monoisotopic (exact) mass is 248 g/mol. The maximum Gasteiger partial charge on any atom is 0.261 e. The second-order valence-electron chi connectivity index (χ2n) is 4.27. The number of nitrogens with two attached hydrogens (primary N) is 1. The van der Waals surface area contributed by atoms with Gasteiger partial charge in [0, 0.05) is 6.04 Å². The summed E-state index contributed by atoms with van der Waals surface area (Å²) in [5.41, 5.74) is 5.30. The van der Waals surface area contributed by atoms with Crippen LogP contribution >= 0.6 is 11.3 Å². The molecule has 1 unspecified atom stereocenters. The van der Waals surface area contributed by atoms with Crippen molar-refractivity contribution in [2.75, 3.05) is 6.54 Å². The topological polar surface area (TPSA) is 55.1 Å². The molecule has 0 aromatic carbocycles. The fraction of sp³-hybridized carbons (Fsp3) is 0.462. The Bertz CT molecular complexity index is 465. The van der Waals surface area contributed by atoms with E-state index < -0.39 is 0 Å². The predicted molar refractivity (Wildman–Crippen MR) is 69.9 cm³/mol. The number of hydrogen-bond acceptors (Lipinski definition) is 3. The summed E-state index contributed by atoms with van der Waals surface area (Å²) in [7, 11) is 0. The molecule has 1 aromatic rings. The lowest BCUT2D eigenvalue weighted by molar-refractivity contribution is 0.0940. The van der Waals surface area contributed by atoms with Crippen molar-refractivity contribution in [1.29, 1.82) is 0 Å². The highest BCUT2D eigenvalue weighted by Gasteiger charge is 2.29. The first-order valence-electron chi connectivity index (χ1n) is 5.80. The minimum Gasteiger partial charge on any atom is -0.349 e. The van der Waals surface area contributed by atoms with Crippen LogP contribution in [0.2, 0.25) is 0 Å². The minimum absolute atomic E-state index is 0.00944. The van der Waals surface area contributed by atoms with Gasteiger partial charge in [0.2, 0.25) is 0 Å². The van der Waals surface area contributed by atoms with E-state index in [1.165, 1.54) is 24.2 Å². The van der Waals surface area contributed by atoms with Gasteiger partial charge < -0.3 is 11.1 Å². The van der Waals surface area contributed by atoms with Gasteiger partial charge in [-0.1, -0.05) is 11.8 Å². The van der Waals surface area contributed by atoms with Crippen LogP contribution in [0.3, 0.4) is 0 Å². The summed E-state index contributed by atoms with van der Waals surface area (Å²) >= 11 is 1.41. The van der Waals surface area contributed by atoms with Crippen LogP contribution in [-0.2, 0) is 0 Å². The third-order valence-corrected chi connectivity index (χ3v) is 3.83. The molecule has 1 amide bonds. The second kappa shape index (κ2) is 5.35. The van der Waals surface area contributed by atoms with Crippen molar-refractivity contribution in [3.8, 4) is 11.8 Å². The third-order valence-electron chi connectivity index (χ3n) is 2.83. The van der Waals surface area contributed by atoms with Gasteiger partial charge in [0.05, 0.1) is 16.3 Å². The van der Waals surface area contributed by atoms with Crippen molar-refractivity contribution in [1.82, 2.24) is 5.32 Å². The zero-order valence-electron chi connectivity index (χ0n) is 9.82. The summed E-state index contributed by atoms with van der Waals surface area (Å²) in [6.07, 6.45) is 2.47. The molecule has 1 saturated carbocycles. The first-order valence-corrected chi connectivity index (χ1v) is 6.62. The Morgan fingerprint density at radius 1 is 1.65 bits per heavy atom. The smallest absolute Gasteiger partial charge is 0.261 e. The van der Waals surface area contributed by atoms with Crippen molar-refractivity contribution in [2.45, 2.75) is 25.8 Å². The molecule has 17 heavy (non-hydrogen) atoms. The number of carbonyl (C=O) groups excluding carboxylic acids is 1. The zero-order chi connectivity index (χ0) is 12.3. The molecule has 3 N–H and O–H groups in total. The van der Waals surface area contributed by atoms with Crippen molar-refractivity contribution in [3.63, 3.8) is 0 Å². The van der Waals surface area contributed by atoms with Crippen molar-refractivity contribution in [2.24, 2.45) is 11.7 Å². The fourth-order valence-electron chi connectivity index (χ4n) is 1.66. The molecule has 1 atom stereocenters. The standard InChI is InChI=1S/C13H16N2OS/c1-9(10-4-5-10)15-13(16)12-7-6-11(17-12)3-2-8-14/h6-7,9-10H,4-5,8,14H2,1H3,(H,15,16). The molecule has 0 spiro atoms. The summed E-state index contributed by atoms with van der Waals surface area (Å²) in [6.45, 7) is 2.41. The molecular formula is C13H16N2OS. The van der Waals surface area contributed by atoms with E-state index in [0.717, 1.165) is 9.75 Å². The molecule has 0 radical (unpaired) electrons. The van der Waals surface area contributed by atoms with E-state index in [1.54, 1.807) is 0 Å². The molecule has 1 aromatic heterocycles. The molecule has 4 heteroatoms. The fourth-order valence-corrected chi connectivity index (χ4v) is 2.44. The van der Waals surface area contributed by atoms with Crippen LogP contribution in [0.15, 0.2) is 12.1 Å². The van der Waals surface area contributed by atoms with Crippen molar-refractivity contribution >= 4 is 17.2 Å². The molecule has 3 nitrogen and oxygen atoms in total. The van der Waals surface area contributed by atoms with Gasteiger partial charge in [-0.05, 0) is 37.8 Å². The largest absolute Gasteiger partial charge is 0.349 e. The normalized spacial score (nSPS) is 15.9. The Labute approximate surface area is 105 Å². The van der Waals surface area contributed by atoms with Gasteiger partial charge in [-0.2, -0.15) is 0 Å². The molecule has 90 valence electrons. The summed E-state index contributed by atoms with van der Waals surface area (Å²) in [5.74, 6) is 6.40. The summed E-state index contributed by atoms with van der Waals surface area (Å²) in [4.78, 5) is 13.5. The van der Waals surface area contributed by atoms with E-state index in [9.17, 15) is 4.79 Å². The predicted octanol–water partition coefficient (Wildman–Crippen LogP) is 1.59. The number of rotatable bonds is 3. The quantitative estimate of drug-likeness (QED) is 0.798. The van der Waals surface area contributed by atoms with Crippen LogP contribution in [0.25, 0.3) is 0 Å². The highest BCUT2D eigenvalue weighted by atomic mass is 32.1.